The molecule has 20 heavy (non-hydrogen) atoms. The molecule has 2 heteroatoms. The summed E-state index contributed by atoms with van der Waals surface area (Å²) in [6, 6.07) is 16.8. The molecule has 0 bridgehead atoms. The van der Waals surface area contributed by atoms with E-state index < -0.39 is 0 Å². The van der Waals surface area contributed by atoms with Crippen molar-refractivity contribution in [2.75, 3.05) is 0 Å². The van der Waals surface area contributed by atoms with Gasteiger partial charge in [-0.15, -0.1) is 0 Å². The summed E-state index contributed by atoms with van der Waals surface area (Å²) >= 11 is 0. The molecule has 1 aliphatic rings. The van der Waals surface area contributed by atoms with Crippen molar-refractivity contribution in [1.82, 2.24) is 0 Å². The molecule has 0 aliphatic heterocycles. The second-order valence-corrected chi connectivity index (χ2v) is 5.47. The van der Waals surface area contributed by atoms with Gasteiger partial charge in [-0.1, -0.05) is 48.5 Å². The largest absolute Gasteiger partial charge is 0.459 e. The number of para-hydroxylation sites is 1. The number of nitrogens with two attached hydrogens (primary N) is 1. The van der Waals surface area contributed by atoms with Gasteiger partial charge in [-0.3, -0.25) is 0 Å². The van der Waals surface area contributed by atoms with Crippen LogP contribution in [0.25, 0.3) is 22.1 Å². The number of hydrogen-bond acceptors (Lipinski definition) is 2. The van der Waals surface area contributed by atoms with Crippen LogP contribution in [0, 0.1) is 0 Å². The molecule has 1 aliphatic carbocycles. The van der Waals surface area contributed by atoms with Crippen LogP contribution in [0.5, 0.6) is 0 Å². The van der Waals surface area contributed by atoms with E-state index in [0.717, 1.165) is 16.9 Å². The Morgan fingerprint density at radius 3 is 2.50 bits per heavy atom. The van der Waals surface area contributed by atoms with Crippen LogP contribution in [-0.2, 0) is 6.54 Å². The zero-order valence-corrected chi connectivity index (χ0v) is 11.3. The summed E-state index contributed by atoms with van der Waals surface area (Å²) in [5, 5.41) is 1.24. The fourth-order valence-electron chi connectivity index (χ4n) is 3.00. The van der Waals surface area contributed by atoms with Crippen molar-refractivity contribution >= 4 is 11.0 Å². The van der Waals surface area contributed by atoms with Crippen molar-refractivity contribution in [3.05, 3.63) is 59.9 Å². The van der Waals surface area contributed by atoms with Crippen molar-refractivity contribution in [1.29, 1.82) is 0 Å². The van der Waals surface area contributed by atoms with Gasteiger partial charge < -0.3 is 10.2 Å². The fraction of sp³-hybridized carbons (Fsp3) is 0.222. The van der Waals surface area contributed by atoms with E-state index in [1.165, 1.54) is 29.4 Å². The molecule has 0 atom stereocenters. The lowest BCUT2D eigenvalue weighted by atomic mass is 10.00. The van der Waals surface area contributed by atoms with Crippen molar-refractivity contribution in [3.8, 4) is 11.1 Å². The van der Waals surface area contributed by atoms with E-state index in [0.29, 0.717) is 12.5 Å². The Hall–Kier alpha value is -2.06. The molecule has 2 nitrogen and oxygen atoms in total. The first kappa shape index (κ1) is 11.7. The minimum atomic E-state index is 0.481. The normalized spacial score (nSPS) is 14.8. The number of fused-ring (bicyclic) bond motifs is 1. The first-order chi connectivity index (χ1) is 9.88. The Labute approximate surface area is 118 Å². The molecule has 0 saturated heterocycles. The Morgan fingerprint density at radius 2 is 1.80 bits per heavy atom. The maximum Gasteiger partial charge on any atom is 0.142 e. The van der Waals surface area contributed by atoms with E-state index in [9.17, 15) is 0 Å². The Balaban J connectivity index is 1.99. The summed E-state index contributed by atoms with van der Waals surface area (Å²) < 4.78 is 6.11. The highest BCUT2D eigenvalue weighted by atomic mass is 16.3. The smallest absolute Gasteiger partial charge is 0.142 e. The first-order valence-corrected chi connectivity index (χ1v) is 7.18. The maximum atomic E-state index is 6.11. The monoisotopic (exact) mass is 263 g/mol. The number of benzene rings is 2. The lowest BCUT2D eigenvalue weighted by Crippen LogP contribution is -1.97. The molecule has 2 aromatic carbocycles. The molecule has 100 valence electrons. The van der Waals surface area contributed by atoms with Crippen LogP contribution in [0.15, 0.2) is 52.9 Å². The minimum Gasteiger partial charge on any atom is -0.459 e. The third kappa shape index (κ3) is 1.76. The minimum absolute atomic E-state index is 0.481. The van der Waals surface area contributed by atoms with Crippen LogP contribution in [0.3, 0.4) is 0 Å². The molecule has 0 spiro atoms. The van der Waals surface area contributed by atoms with E-state index in [4.69, 9.17) is 10.2 Å². The summed E-state index contributed by atoms with van der Waals surface area (Å²) in [5.41, 5.74) is 10.6. The quantitative estimate of drug-likeness (QED) is 0.759. The topological polar surface area (TPSA) is 39.2 Å². The predicted molar refractivity (Wildman–Crippen MR) is 81.5 cm³/mol. The first-order valence-electron chi connectivity index (χ1n) is 7.18. The van der Waals surface area contributed by atoms with Crippen molar-refractivity contribution in [2.24, 2.45) is 5.73 Å². The number of hydrogen-bond donors (Lipinski definition) is 1. The highest BCUT2D eigenvalue weighted by Gasteiger charge is 2.30. The van der Waals surface area contributed by atoms with Gasteiger partial charge in [-0.25, -0.2) is 0 Å². The van der Waals surface area contributed by atoms with E-state index in [1.807, 2.05) is 6.07 Å². The second kappa shape index (κ2) is 4.50. The van der Waals surface area contributed by atoms with Gasteiger partial charge in [0.2, 0.25) is 0 Å². The van der Waals surface area contributed by atoms with E-state index in [2.05, 4.69) is 42.5 Å². The molecule has 0 amide bonds. The van der Waals surface area contributed by atoms with Crippen LogP contribution in [-0.4, -0.2) is 0 Å². The highest BCUT2D eigenvalue weighted by molar-refractivity contribution is 5.95. The average molecular weight is 263 g/mol. The molecule has 0 radical (unpaired) electrons. The molecule has 1 saturated carbocycles. The number of rotatable bonds is 3. The summed E-state index contributed by atoms with van der Waals surface area (Å²) in [6.07, 6.45) is 2.52. The summed E-state index contributed by atoms with van der Waals surface area (Å²) in [4.78, 5) is 0. The Kier molecular flexibility index (Phi) is 2.64. The molecular weight excluding hydrogens is 246 g/mol. The Bertz CT molecular complexity index is 754. The van der Waals surface area contributed by atoms with E-state index in [-0.39, 0.29) is 0 Å². The zero-order valence-electron chi connectivity index (χ0n) is 11.3. The van der Waals surface area contributed by atoms with Gasteiger partial charge in [0.05, 0.1) is 6.54 Å². The summed E-state index contributed by atoms with van der Waals surface area (Å²) in [5.74, 6) is 1.62. The van der Waals surface area contributed by atoms with Gasteiger partial charge in [0.15, 0.2) is 0 Å². The molecule has 4 rings (SSSR count). The molecule has 1 heterocycles. The molecule has 2 N–H and O–H groups in total. The standard InChI is InChI=1S/C18H17NO/c19-11-16-17(13-9-10-13)15-8-4-7-14(18(15)20-16)12-5-2-1-3-6-12/h1-8,13H,9-11,19H2. The van der Waals surface area contributed by atoms with Crippen molar-refractivity contribution < 1.29 is 4.42 Å². The van der Waals surface area contributed by atoms with Crippen molar-refractivity contribution in [2.45, 2.75) is 25.3 Å². The predicted octanol–water partition coefficient (Wildman–Crippen LogP) is 4.44. The number of furan rings is 1. The maximum absolute atomic E-state index is 6.11. The van der Waals surface area contributed by atoms with Gasteiger partial charge in [-0.05, 0) is 24.3 Å². The molecule has 3 aromatic rings. The van der Waals surface area contributed by atoms with E-state index >= 15 is 0 Å². The van der Waals surface area contributed by atoms with Crippen LogP contribution < -0.4 is 5.73 Å². The van der Waals surface area contributed by atoms with Gasteiger partial charge in [0, 0.05) is 16.5 Å². The lowest BCUT2D eigenvalue weighted by Gasteiger charge is -2.02. The molecule has 0 unspecified atom stereocenters. The van der Waals surface area contributed by atoms with Crippen LogP contribution in [0.1, 0.15) is 30.1 Å². The summed E-state index contributed by atoms with van der Waals surface area (Å²) in [7, 11) is 0. The third-order valence-corrected chi connectivity index (χ3v) is 4.09. The van der Waals surface area contributed by atoms with Gasteiger partial charge >= 0.3 is 0 Å². The van der Waals surface area contributed by atoms with Crippen molar-refractivity contribution in [3.63, 3.8) is 0 Å². The zero-order chi connectivity index (χ0) is 13.5. The van der Waals surface area contributed by atoms with E-state index in [1.54, 1.807) is 0 Å². The molecule has 1 aromatic heterocycles. The highest BCUT2D eigenvalue weighted by Crippen LogP contribution is 2.47. The molecule has 1 fully saturated rings. The molecular formula is C18H17NO. The van der Waals surface area contributed by atoms with Crippen LogP contribution in [0.2, 0.25) is 0 Å². The van der Waals surface area contributed by atoms with Crippen LogP contribution >= 0.6 is 0 Å². The Morgan fingerprint density at radius 1 is 1.00 bits per heavy atom. The fourth-order valence-corrected chi connectivity index (χ4v) is 3.00. The van der Waals surface area contributed by atoms with Gasteiger partial charge in [0.25, 0.3) is 0 Å². The lowest BCUT2D eigenvalue weighted by molar-refractivity contribution is 0.546. The van der Waals surface area contributed by atoms with Gasteiger partial charge in [-0.2, -0.15) is 0 Å². The summed E-state index contributed by atoms with van der Waals surface area (Å²) in [6.45, 7) is 0.481. The van der Waals surface area contributed by atoms with Crippen LogP contribution in [0.4, 0.5) is 0 Å². The van der Waals surface area contributed by atoms with Gasteiger partial charge in [0.1, 0.15) is 11.3 Å². The average Bonchev–Trinajstić information content (AvgIpc) is 3.27. The second-order valence-electron chi connectivity index (χ2n) is 5.47. The SMILES string of the molecule is NCc1oc2c(-c3ccccc3)cccc2c1C1CC1. The third-order valence-electron chi connectivity index (χ3n) is 4.09.